The van der Waals surface area contributed by atoms with Crippen LogP contribution in [0, 0.1) is 0 Å². The summed E-state index contributed by atoms with van der Waals surface area (Å²) in [4.78, 5) is 25.1. The number of H-pyrrole nitrogens is 1. The van der Waals surface area contributed by atoms with Gasteiger partial charge in [0.15, 0.2) is 18.1 Å². The standard InChI is InChI=1S/C13H17FN2O6/c1-12(2)21-7-6-20-13(14,9(7)22-12)10(19-3)16-5-4-8(17)15-11(16)18/h4-5,7,9-10H,6H2,1-3H3,(H,15,17,18)/t7-,9-,10-,13-/m1/s1. The van der Waals surface area contributed by atoms with Crippen LogP contribution < -0.4 is 11.2 Å². The van der Waals surface area contributed by atoms with Crippen molar-refractivity contribution in [1.82, 2.24) is 9.55 Å². The summed E-state index contributed by atoms with van der Waals surface area (Å²) in [6.45, 7) is 3.31. The highest BCUT2D eigenvalue weighted by atomic mass is 19.2. The van der Waals surface area contributed by atoms with Crippen molar-refractivity contribution in [2.75, 3.05) is 13.7 Å². The Morgan fingerprint density at radius 2 is 2.18 bits per heavy atom. The molecule has 3 rings (SSSR count). The zero-order valence-electron chi connectivity index (χ0n) is 12.4. The summed E-state index contributed by atoms with van der Waals surface area (Å²) in [6, 6.07) is 1.10. The average molecular weight is 316 g/mol. The highest BCUT2D eigenvalue weighted by Gasteiger charge is 2.64. The van der Waals surface area contributed by atoms with Gasteiger partial charge in [0, 0.05) is 19.4 Å². The van der Waals surface area contributed by atoms with Gasteiger partial charge in [0.05, 0.1) is 6.61 Å². The minimum atomic E-state index is -2.42. The van der Waals surface area contributed by atoms with E-state index >= 15 is 4.39 Å². The zero-order chi connectivity index (χ0) is 16.1. The number of nitrogens with one attached hydrogen (secondary N) is 1. The molecule has 1 N–H and O–H groups in total. The van der Waals surface area contributed by atoms with E-state index in [1.54, 1.807) is 13.8 Å². The van der Waals surface area contributed by atoms with Crippen LogP contribution in [0.15, 0.2) is 21.9 Å². The number of aromatic amines is 1. The summed E-state index contributed by atoms with van der Waals surface area (Å²) in [5, 5.41) is 0. The van der Waals surface area contributed by atoms with Crippen molar-refractivity contribution < 1.29 is 23.3 Å². The number of alkyl halides is 1. The van der Waals surface area contributed by atoms with Crippen LogP contribution >= 0.6 is 0 Å². The normalized spacial score (nSPS) is 34.5. The summed E-state index contributed by atoms with van der Waals surface area (Å²) >= 11 is 0. The molecule has 0 saturated carbocycles. The Hall–Kier alpha value is -1.55. The Labute approximate surface area is 124 Å². The summed E-state index contributed by atoms with van der Waals surface area (Å²) in [5.74, 6) is -3.38. The van der Waals surface area contributed by atoms with Crippen LogP contribution in [0.5, 0.6) is 0 Å². The molecule has 0 radical (unpaired) electrons. The van der Waals surface area contributed by atoms with Crippen LogP contribution in [0.4, 0.5) is 4.39 Å². The second-order valence-electron chi connectivity index (χ2n) is 5.71. The predicted molar refractivity (Wildman–Crippen MR) is 71.0 cm³/mol. The number of halogens is 1. The molecule has 9 heteroatoms. The minimum absolute atomic E-state index is 0.0252. The summed E-state index contributed by atoms with van der Waals surface area (Å²) < 4.78 is 37.8. The van der Waals surface area contributed by atoms with Crippen molar-refractivity contribution >= 4 is 0 Å². The van der Waals surface area contributed by atoms with E-state index in [2.05, 4.69) is 0 Å². The van der Waals surface area contributed by atoms with E-state index < -0.39 is 41.3 Å². The van der Waals surface area contributed by atoms with E-state index in [4.69, 9.17) is 18.9 Å². The van der Waals surface area contributed by atoms with Crippen molar-refractivity contribution in [2.45, 2.75) is 43.9 Å². The van der Waals surface area contributed by atoms with Gasteiger partial charge in [0.2, 0.25) is 0 Å². The molecule has 0 spiro atoms. The molecule has 3 heterocycles. The van der Waals surface area contributed by atoms with Crippen molar-refractivity contribution in [3.8, 4) is 0 Å². The van der Waals surface area contributed by atoms with Gasteiger partial charge in [-0.15, -0.1) is 0 Å². The number of ether oxygens (including phenoxy) is 4. The van der Waals surface area contributed by atoms with Crippen LogP contribution in [0.3, 0.4) is 0 Å². The average Bonchev–Trinajstić information content (AvgIpc) is 2.89. The molecular formula is C13H17FN2O6. The Kier molecular flexibility index (Phi) is 3.48. The van der Waals surface area contributed by atoms with Crippen LogP contribution in [-0.2, 0) is 18.9 Å². The fraction of sp³-hybridized carbons (Fsp3) is 0.692. The number of hydrogen-bond acceptors (Lipinski definition) is 6. The van der Waals surface area contributed by atoms with Gasteiger partial charge >= 0.3 is 5.69 Å². The van der Waals surface area contributed by atoms with Crippen LogP contribution in [0.1, 0.15) is 20.1 Å². The maximum atomic E-state index is 15.4. The van der Waals surface area contributed by atoms with Gasteiger partial charge in [-0.25, -0.2) is 9.18 Å². The molecule has 0 aliphatic carbocycles. The minimum Gasteiger partial charge on any atom is -0.355 e. The van der Waals surface area contributed by atoms with Gasteiger partial charge in [-0.3, -0.25) is 14.3 Å². The number of methoxy groups -OCH3 is 1. The molecule has 1 aromatic heterocycles. The van der Waals surface area contributed by atoms with E-state index in [1.165, 1.54) is 7.11 Å². The molecule has 2 aliphatic rings. The smallest absolute Gasteiger partial charge is 0.330 e. The Bertz CT molecular complexity index is 686. The molecule has 0 aromatic carbocycles. The lowest BCUT2D eigenvalue weighted by Gasteiger charge is -2.33. The lowest BCUT2D eigenvalue weighted by atomic mass is 10.1. The van der Waals surface area contributed by atoms with Gasteiger partial charge in [-0.05, 0) is 13.8 Å². The van der Waals surface area contributed by atoms with Crippen molar-refractivity contribution in [3.05, 3.63) is 33.1 Å². The first-order chi connectivity index (χ1) is 10.3. The lowest BCUT2D eigenvalue weighted by Crippen LogP contribution is -2.50. The Morgan fingerprint density at radius 3 is 2.82 bits per heavy atom. The monoisotopic (exact) mass is 316 g/mol. The maximum absolute atomic E-state index is 15.4. The van der Waals surface area contributed by atoms with Gasteiger partial charge in [0.25, 0.3) is 11.4 Å². The Morgan fingerprint density at radius 1 is 1.45 bits per heavy atom. The summed E-state index contributed by atoms with van der Waals surface area (Å²) in [6.07, 6.45) is -1.93. The molecule has 0 amide bonds. The summed E-state index contributed by atoms with van der Waals surface area (Å²) in [5.41, 5.74) is -1.39. The highest BCUT2D eigenvalue weighted by Crippen LogP contribution is 2.46. The number of rotatable bonds is 3. The maximum Gasteiger partial charge on any atom is 0.330 e. The van der Waals surface area contributed by atoms with Gasteiger partial charge in [-0.1, -0.05) is 0 Å². The van der Waals surface area contributed by atoms with E-state index in [-0.39, 0.29) is 6.61 Å². The molecule has 1 aromatic rings. The number of hydrogen-bond donors (Lipinski definition) is 1. The molecular weight excluding hydrogens is 299 g/mol. The predicted octanol–water partition coefficient (Wildman–Crippen LogP) is -0.102. The fourth-order valence-electron chi connectivity index (χ4n) is 2.87. The number of nitrogens with zero attached hydrogens (tertiary/aromatic N) is 1. The quantitative estimate of drug-likeness (QED) is 0.837. The SMILES string of the molecule is CO[C@@H](n1ccc(=O)[nH]c1=O)[C@]1(F)OC[C@H]2OC(C)(C)O[C@H]21. The molecule has 0 bridgehead atoms. The third kappa shape index (κ3) is 2.30. The van der Waals surface area contributed by atoms with Crippen LogP contribution in [-0.4, -0.2) is 47.1 Å². The summed E-state index contributed by atoms with van der Waals surface area (Å²) in [7, 11) is 1.24. The van der Waals surface area contributed by atoms with Crippen molar-refractivity contribution in [2.24, 2.45) is 0 Å². The van der Waals surface area contributed by atoms with Gasteiger partial charge < -0.3 is 18.9 Å². The molecule has 2 fully saturated rings. The zero-order valence-corrected chi connectivity index (χ0v) is 12.4. The molecule has 2 saturated heterocycles. The van der Waals surface area contributed by atoms with Crippen LogP contribution in [0.25, 0.3) is 0 Å². The molecule has 8 nitrogen and oxygen atoms in total. The largest absolute Gasteiger partial charge is 0.355 e. The van der Waals surface area contributed by atoms with Gasteiger partial charge in [0.1, 0.15) is 6.10 Å². The molecule has 2 aliphatic heterocycles. The second-order valence-corrected chi connectivity index (χ2v) is 5.71. The first-order valence-corrected chi connectivity index (χ1v) is 6.79. The second kappa shape index (κ2) is 4.98. The topological polar surface area (TPSA) is 91.8 Å². The number of fused-ring (bicyclic) bond motifs is 1. The van der Waals surface area contributed by atoms with Crippen LogP contribution in [0.2, 0.25) is 0 Å². The van der Waals surface area contributed by atoms with E-state index in [0.29, 0.717) is 0 Å². The van der Waals surface area contributed by atoms with Crippen molar-refractivity contribution in [3.63, 3.8) is 0 Å². The van der Waals surface area contributed by atoms with Gasteiger partial charge in [-0.2, -0.15) is 0 Å². The molecule has 122 valence electrons. The van der Waals surface area contributed by atoms with Crippen molar-refractivity contribution in [1.29, 1.82) is 0 Å². The fourth-order valence-corrected chi connectivity index (χ4v) is 2.87. The lowest BCUT2D eigenvalue weighted by molar-refractivity contribution is -0.280. The molecule has 22 heavy (non-hydrogen) atoms. The van der Waals surface area contributed by atoms with E-state index in [1.807, 2.05) is 4.98 Å². The molecule has 0 unspecified atom stereocenters. The highest BCUT2D eigenvalue weighted by molar-refractivity contribution is 5.01. The van der Waals surface area contributed by atoms with E-state index in [0.717, 1.165) is 16.8 Å². The third-order valence-corrected chi connectivity index (χ3v) is 3.70. The number of aromatic nitrogens is 2. The Balaban J connectivity index is 2.00. The first kappa shape index (κ1) is 15.3. The molecule has 4 atom stereocenters. The third-order valence-electron chi connectivity index (χ3n) is 3.70. The first-order valence-electron chi connectivity index (χ1n) is 6.79. The van der Waals surface area contributed by atoms with E-state index in [9.17, 15) is 9.59 Å².